The fraction of sp³-hybridized carbons (Fsp3) is 0.185. The lowest BCUT2D eigenvalue weighted by molar-refractivity contribution is 0.101. The molecule has 0 bridgehead atoms. The molecule has 3 nitrogen and oxygen atoms in total. The highest BCUT2D eigenvalue weighted by Gasteiger charge is 2.22. The molecule has 1 N–H and O–H groups in total. The molecule has 0 saturated heterocycles. The Labute approximate surface area is 176 Å². The number of hydrogen-bond acceptors (Lipinski definition) is 3. The van der Waals surface area contributed by atoms with E-state index in [9.17, 15) is 4.79 Å². The van der Waals surface area contributed by atoms with Crippen LogP contribution in [0.15, 0.2) is 72.8 Å². The fourth-order valence-corrected chi connectivity index (χ4v) is 4.71. The molecule has 1 aliphatic rings. The minimum Gasteiger partial charge on any atom is -0.382 e. The lowest BCUT2D eigenvalue weighted by Crippen LogP contribution is -2.19. The number of fused-ring (bicyclic) bond motifs is 2. The van der Waals surface area contributed by atoms with Gasteiger partial charge >= 0.3 is 0 Å². The SMILES string of the molecule is CC(=O)c1c(C)nc2ccc(NC3Cc4ccccc4C3)cc2c1-c1ccccc1. The van der Waals surface area contributed by atoms with E-state index < -0.39 is 0 Å². The van der Waals surface area contributed by atoms with Crippen LogP contribution in [0.2, 0.25) is 0 Å². The quantitative estimate of drug-likeness (QED) is 0.434. The van der Waals surface area contributed by atoms with E-state index >= 15 is 0 Å². The Kier molecular flexibility index (Phi) is 4.59. The van der Waals surface area contributed by atoms with Gasteiger partial charge in [-0.3, -0.25) is 9.78 Å². The highest BCUT2D eigenvalue weighted by atomic mass is 16.1. The van der Waals surface area contributed by atoms with Gasteiger partial charge < -0.3 is 5.32 Å². The Morgan fingerprint density at radius 1 is 0.933 bits per heavy atom. The van der Waals surface area contributed by atoms with Gasteiger partial charge in [-0.1, -0.05) is 54.6 Å². The number of aromatic nitrogens is 1. The van der Waals surface area contributed by atoms with Gasteiger partial charge in [0, 0.05) is 33.9 Å². The number of nitrogens with zero attached hydrogens (tertiary/aromatic N) is 1. The molecule has 0 aliphatic heterocycles. The minimum absolute atomic E-state index is 0.0466. The zero-order valence-electron chi connectivity index (χ0n) is 17.3. The summed E-state index contributed by atoms with van der Waals surface area (Å²) in [5, 5.41) is 4.72. The van der Waals surface area contributed by atoms with Gasteiger partial charge in [0.05, 0.1) is 5.52 Å². The average molecular weight is 393 g/mol. The predicted octanol–water partition coefficient (Wildman–Crippen LogP) is 5.99. The maximum Gasteiger partial charge on any atom is 0.162 e. The van der Waals surface area contributed by atoms with Crippen molar-refractivity contribution in [2.45, 2.75) is 32.7 Å². The second kappa shape index (κ2) is 7.42. The Morgan fingerprint density at radius 3 is 2.27 bits per heavy atom. The van der Waals surface area contributed by atoms with Gasteiger partial charge in [-0.2, -0.15) is 0 Å². The third-order valence-corrected chi connectivity index (χ3v) is 6.00. The highest BCUT2D eigenvalue weighted by molar-refractivity contribution is 6.10. The smallest absolute Gasteiger partial charge is 0.162 e. The van der Waals surface area contributed by atoms with E-state index in [1.54, 1.807) is 6.92 Å². The molecule has 1 aliphatic carbocycles. The van der Waals surface area contributed by atoms with Crippen LogP contribution in [0.4, 0.5) is 5.69 Å². The van der Waals surface area contributed by atoms with Crippen molar-refractivity contribution in [1.82, 2.24) is 4.98 Å². The number of ketones is 1. The van der Waals surface area contributed by atoms with Crippen molar-refractivity contribution >= 4 is 22.4 Å². The number of pyridine rings is 1. The number of hydrogen-bond donors (Lipinski definition) is 1. The van der Waals surface area contributed by atoms with E-state index in [1.807, 2.05) is 25.1 Å². The molecule has 0 spiro atoms. The third kappa shape index (κ3) is 3.26. The molecule has 1 heterocycles. The first-order chi connectivity index (χ1) is 14.6. The number of rotatable bonds is 4. The summed E-state index contributed by atoms with van der Waals surface area (Å²) >= 11 is 0. The van der Waals surface area contributed by atoms with Crippen molar-refractivity contribution in [3.8, 4) is 11.1 Å². The first-order valence-corrected chi connectivity index (χ1v) is 10.4. The molecule has 0 fully saturated rings. The summed E-state index contributed by atoms with van der Waals surface area (Å²) in [5.41, 5.74) is 8.34. The van der Waals surface area contributed by atoms with Crippen LogP contribution in [-0.4, -0.2) is 16.8 Å². The normalized spacial score (nSPS) is 13.4. The summed E-state index contributed by atoms with van der Waals surface area (Å²) in [6.07, 6.45) is 2.06. The van der Waals surface area contributed by atoms with E-state index in [1.165, 1.54) is 11.1 Å². The standard InChI is InChI=1S/C27H24N2O/c1-17-26(18(2)30)27(19-8-4-3-5-9-19)24-16-22(12-13-25(24)28-17)29-23-14-20-10-6-7-11-21(20)15-23/h3-13,16,23,29H,14-15H2,1-2H3. The lowest BCUT2D eigenvalue weighted by Gasteiger charge is -2.17. The van der Waals surface area contributed by atoms with Crippen molar-refractivity contribution in [3.05, 3.63) is 95.2 Å². The van der Waals surface area contributed by atoms with Crippen LogP contribution >= 0.6 is 0 Å². The van der Waals surface area contributed by atoms with Gasteiger partial charge in [0.2, 0.25) is 0 Å². The lowest BCUT2D eigenvalue weighted by atomic mass is 9.92. The predicted molar refractivity (Wildman–Crippen MR) is 123 cm³/mol. The molecule has 3 aromatic carbocycles. The molecule has 1 aromatic heterocycles. The van der Waals surface area contributed by atoms with Crippen LogP contribution in [0.25, 0.3) is 22.0 Å². The number of nitrogens with one attached hydrogen (secondary N) is 1. The molecule has 0 unspecified atom stereocenters. The van der Waals surface area contributed by atoms with E-state index in [0.717, 1.165) is 46.3 Å². The Hall–Kier alpha value is -3.46. The van der Waals surface area contributed by atoms with Gasteiger partial charge in [-0.15, -0.1) is 0 Å². The molecule has 3 heteroatoms. The maximum absolute atomic E-state index is 12.5. The highest BCUT2D eigenvalue weighted by Crippen LogP contribution is 2.35. The van der Waals surface area contributed by atoms with Crippen molar-refractivity contribution in [3.63, 3.8) is 0 Å². The summed E-state index contributed by atoms with van der Waals surface area (Å²) in [4.78, 5) is 17.3. The third-order valence-electron chi connectivity index (χ3n) is 6.00. The molecule has 148 valence electrons. The van der Waals surface area contributed by atoms with E-state index in [0.29, 0.717) is 11.6 Å². The van der Waals surface area contributed by atoms with Gasteiger partial charge in [-0.05, 0) is 61.6 Å². The van der Waals surface area contributed by atoms with Gasteiger partial charge in [0.1, 0.15) is 0 Å². The van der Waals surface area contributed by atoms with Crippen LogP contribution in [-0.2, 0) is 12.8 Å². The summed E-state index contributed by atoms with van der Waals surface area (Å²) in [5.74, 6) is 0.0466. The number of anilines is 1. The molecule has 0 radical (unpaired) electrons. The van der Waals surface area contributed by atoms with Crippen LogP contribution in [0.5, 0.6) is 0 Å². The zero-order chi connectivity index (χ0) is 20.7. The van der Waals surface area contributed by atoms with Crippen molar-refractivity contribution in [1.29, 1.82) is 0 Å². The minimum atomic E-state index is 0.0466. The number of benzene rings is 3. The first-order valence-electron chi connectivity index (χ1n) is 10.4. The zero-order valence-corrected chi connectivity index (χ0v) is 17.3. The van der Waals surface area contributed by atoms with Gasteiger partial charge in [0.15, 0.2) is 5.78 Å². The second-order valence-electron chi connectivity index (χ2n) is 8.12. The fourth-order valence-electron chi connectivity index (χ4n) is 4.71. The number of Topliss-reactive ketones (excluding diaryl/α,β-unsaturated/α-hetero) is 1. The number of aryl methyl sites for hydroxylation is 1. The summed E-state index contributed by atoms with van der Waals surface area (Å²) < 4.78 is 0. The Balaban J connectivity index is 1.60. The molecule has 30 heavy (non-hydrogen) atoms. The van der Waals surface area contributed by atoms with Crippen molar-refractivity contribution in [2.24, 2.45) is 0 Å². The van der Waals surface area contributed by atoms with E-state index in [-0.39, 0.29) is 5.78 Å². The van der Waals surface area contributed by atoms with Crippen molar-refractivity contribution < 1.29 is 4.79 Å². The van der Waals surface area contributed by atoms with Crippen LogP contribution in [0.1, 0.15) is 34.1 Å². The molecular weight excluding hydrogens is 368 g/mol. The summed E-state index contributed by atoms with van der Waals surface area (Å²) in [7, 11) is 0. The topological polar surface area (TPSA) is 42.0 Å². The molecular formula is C27H24N2O. The van der Waals surface area contributed by atoms with Crippen LogP contribution in [0.3, 0.4) is 0 Å². The molecule has 4 aromatic rings. The average Bonchev–Trinajstić information content (AvgIpc) is 3.15. The van der Waals surface area contributed by atoms with Gasteiger partial charge in [-0.25, -0.2) is 0 Å². The largest absolute Gasteiger partial charge is 0.382 e. The number of carbonyl (C=O) groups is 1. The summed E-state index contributed by atoms with van der Waals surface area (Å²) in [6.45, 7) is 3.55. The number of carbonyl (C=O) groups excluding carboxylic acids is 1. The van der Waals surface area contributed by atoms with E-state index in [2.05, 4.69) is 59.9 Å². The first kappa shape index (κ1) is 18.6. The molecule has 0 atom stereocenters. The maximum atomic E-state index is 12.5. The monoisotopic (exact) mass is 392 g/mol. The van der Waals surface area contributed by atoms with Crippen LogP contribution < -0.4 is 5.32 Å². The van der Waals surface area contributed by atoms with Gasteiger partial charge in [0.25, 0.3) is 0 Å². The molecule has 0 saturated carbocycles. The second-order valence-corrected chi connectivity index (χ2v) is 8.12. The Morgan fingerprint density at radius 2 is 1.60 bits per heavy atom. The Bertz CT molecular complexity index is 1240. The van der Waals surface area contributed by atoms with E-state index in [4.69, 9.17) is 4.98 Å². The van der Waals surface area contributed by atoms with Crippen molar-refractivity contribution in [2.75, 3.05) is 5.32 Å². The molecule has 0 amide bonds. The van der Waals surface area contributed by atoms with Crippen LogP contribution in [0, 0.1) is 6.92 Å². The summed E-state index contributed by atoms with van der Waals surface area (Å²) in [6, 6.07) is 25.5. The molecule has 5 rings (SSSR count).